The van der Waals surface area contributed by atoms with E-state index >= 15 is 0 Å². The first-order chi connectivity index (χ1) is 11.2. The van der Waals surface area contributed by atoms with E-state index in [1.807, 2.05) is 17.1 Å². The zero-order chi connectivity index (χ0) is 16.2. The molecule has 1 N–H and O–H groups in total. The lowest BCUT2D eigenvalue weighted by atomic mass is 9.91. The Labute approximate surface area is 135 Å². The van der Waals surface area contributed by atoms with Crippen molar-refractivity contribution in [3.05, 3.63) is 35.8 Å². The van der Waals surface area contributed by atoms with Crippen LogP contribution in [0.4, 0.5) is 0 Å². The number of rotatable bonds is 5. The minimum Gasteiger partial charge on any atom is -0.438 e. The van der Waals surface area contributed by atoms with E-state index in [2.05, 4.69) is 22.3 Å². The number of aromatic nitrogens is 3. The van der Waals surface area contributed by atoms with E-state index in [0.717, 1.165) is 31.6 Å². The monoisotopic (exact) mass is 318 g/mol. The van der Waals surface area contributed by atoms with E-state index in [-0.39, 0.29) is 23.7 Å². The normalized spacial score (nSPS) is 21.3. The molecule has 0 spiro atoms. The average Bonchev–Trinajstić information content (AvgIpc) is 3.21. The van der Waals surface area contributed by atoms with Gasteiger partial charge >= 0.3 is 0 Å². The topological polar surface area (TPSA) is 82.2 Å². The lowest BCUT2D eigenvalue weighted by molar-refractivity contribution is -0.0273. The standard InChI is InChI=1S/C16H22N4O3/c1-3-20-9-13(8-19-20)15-12(5-4-6-22-15)7-17-16(21)14-11(2)18-10-23-14/h8-10,12,15H,3-7H2,1-2H3,(H,17,21)/t12-,15+/m0/s1. The molecule has 1 fully saturated rings. The summed E-state index contributed by atoms with van der Waals surface area (Å²) in [5, 5.41) is 7.25. The summed E-state index contributed by atoms with van der Waals surface area (Å²) < 4.78 is 13.0. The molecule has 1 amide bonds. The molecule has 23 heavy (non-hydrogen) atoms. The molecule has 1 aliphatic heterocycles. The fraction of sp³-hybridized carbons (Fsp3) is 0.562. The smallest absolute Gasteiger partial charge is 0.289 e. The Morgan fingerprint density at radius 3 is 3.09 bits per heavy atom. The lowest BCUT2D eigenvalue weighted by Gasteiger charge is -2.31. The van der Waals surface area contributed by atoms with Crippen LogP contribution < -0.4 is 5.32 Å². The number of carbonyl (C=O) groups excluding carboxylic acids is 1. The van der Waals surface area contributed by atoms with Gasteiger partial charge in [-0.2, -0.15) is 5.10 Å². The first-order valence-electron chi connectivity index (χ1n) is 8.01. The molecular formula is C16H22N4O3. The van der Waals surface area contributed by atoms with Crippen LogP contribution in [0, 0.1) is 12.8 Å². The zero-order valence-corrected chi connectivity index (χ0v) is 13.5. The third kappa shape index (κ3) is 3.44. The molecule has 7 heteroatoms. The Morgan fingerprint density at radius 2 is 2.39 bits per heavy atom. The van der Waals surface area contributed by atoms with Crippen LogP contribution in [0.2, 0.25) is 0 Å². The number of amides is 1. The second-order valence-electron chi connectivity index (χ2n) is 5.80. The summed E-state index contributed by atoms with van der Waals surface area (Å²) in [7, 11) is 0. The number of hydrogen-bond donors (Lipinski definition) is 1. The van der Waals surface area contributed by atoms with Crippen molar-refractivity contribution in [2.24, 2.45) is 5.92 Å². The van der Waals surface area contributed by atoms with Crippen molar-refractivity contribution in [3.8, 4) is 0 Å². The van der Waals surface area contributed by atoms with Gasteiger partial charge in [0.25, 0.3) is 5.91 Å². The largest absolute Gasteiger partial charge is 0.438 e. The second kappa shape index (κ2) is 6.95. The summed E-state index contributed by atoms with van der Waals surface area (Å²) in [5.41, 5.74) is 1.67. The van der Waals surface area contributed by atoms with Crippen LogP contribution in [-0.4, -0.2) is 33.8 Å². The predicted octanol–water partition coefficient (Wildman–Crippen LogP) is 2.10. The SMILES string of the molecule is CCn1cc([C@@H]2OCCC[C@H]2CNC(=O)c2ocnc2C)cn1. The molecule has 0 radical (unpaired) electrons. The van der Waals surface area contributed by atoms with E-state index in [0.29, 0.717) is 12.2 Å². The summed E-state index contributed by atoms with van der Waals surface area (Å²) >= 11 is 0. The van der Waals surface area contributed by atoms with Crippen molar-refractivity contribution < 1.29 is 13.9 Å². The molecule has 0 saturated carbocycles. The van der Waals surface area contributed by atoms with Gasteiger partial charge in [-0.15, -0.1) is 0 Å². The van der Waals surface area contributed by atoms with Gasteiger partial charge in [0, 0.05) is 37.4 Å². The maximum absolute atomic E-state index is 12.2. The van der Waals surface area contributed by atoms with E-state index in [9.17, 15) is 4.79 Å². The Morgan fingerprint density at radius 1 is 1.52 bits per heavy atom. The van der Waals surface area contributed by atoms with Crippen LogP contribution in [0.25, 0.3) is 0 Å². The van der Waals surface area contributed by atoms with Crippen molar-refractivity contribution >= 4 is 5.91 Å². The van der Waals surface area contributed by atoms with Crippen LogP contribution in [0.3, 0.4) is 0 Å². The fourth-order valence-electron chi connectivity index (χ4n) is 2.94. The van der Waals surface area contributed by atoms with E-state index < -0.39 is 0 Å². The Balaban J connectivity index is 1.65. The highest BCUT2D eigenvalue weighted by Gasteiger charge is 2.29. The summed E-state index contributed by atoms with van der Waals surface area (Å²) in [4.78, 5) is 16.1. The van der Waals surface area contributed by atoms with Crippen LogP contribution >= 0.6 is 0 Å². The van der Waals surface area contributed by atoms with Gasteiger partial charge in [-0.1, -0.05) is 0 Å². The summed E-state index contributed by atoms with van der Waals surface area (Å²) in [5.74, 6) is 0.274. The van der Waals surface area contributed by atoms with Crippen molar-refractivity contribution in [1.82, 2.24) is 20.1 Å². The molecule has 2 aromatic rings. The van der Waals surface area contributed by atoms with Gasteiger partial charge in [0.2, 0.25) is 5.76 Å². The number of oxazole rings is 1. The van der Waals surface area contributed by atoms with Crippen LogP contribution in [0.15, 0.2) is 23.2 Å². The highest BCUT2D eigenvalue weighted by molar-refractivity contribution is 5.92. The van der Waals surface area contributed by atoms with Crippen molar-refractivity contribution in [2.45, 2.75) is 39.3 Å². The molecule has 1 saturated heterocycles. The van der Waals surface area contributed by atoms with Gasteiger partial charge < -0.3 is 14.5 Å². The highest BCUT2D eigenvalue weighted by atomic mass is 16.5. The number of nitrogens with one attached hydrogen (secondary N) is 1. The second-order valence-corrected chi connectivity index (χ2v) is 5.80. The first kappa shape index (κ1) is 15.7. The summed E-state index contributed by atoms with van der Waals surface area (Å²) in [6.45, 7) is 5.92. The summed E-state index contributed by atoms with van der Waals surface area (Å²) in [6, 6.07) is 0. The highest BCUT2D eigenvalue weighted by Crippen LogP contribution is 2.33. The van der Waals surface area contributed by atoms with E-state index in [4.69, 9.17) is 9.15 Å². The molecule has 0 unspecified atom stereocenters. The molecule has 2 atom stereocenters. The third-order valence-electron chi connectivity index (χ3n) is 4.23. The van der Waals surface area contributed by atoms with Gasteiger partial charge in [0.1, 0.15) is 0 Å². The minimum atomic E-state index is -0.228. The molecule has 0 aliphatic carbocycles. The van der Waals surface area contributed by atoms with Crippen molar-refractivity contribution in [3.63, 3.8) is 0 Å². The number of hydrogen-bond acceptors (Lipinski definition) is 5. The molecule has 0 aromatic carbocycles. The van der Waals surface area contributed by atoms with Crippen molar-refractivity contribution in [2.75, 3.05) is 13.2 Å². The van der Waals surface area contributed by atoms with Crippen LogP contribution in [-0.2, 0) is 11.3 Å². The number of aryl methyl sites for hydroxylation is 2. The zero-order valence-electron chi connectivity index (χ0n) is 13.5. The maximum atomic E-state index is 12.2. The van der Waals surface area contributed by atoms with Gasteiger partial charge in [-0.25, -0.2) is 4.98 Å². The summed E-state index contributed by atoms with van der Waals surface area (Å²) in [6.07, 6.45) is 7.15. The molecule has 124 valence electrons. The van der Waals surface area contributed by atoms with Gasteiger partial charge in [-0.05, 0) is 26.7 Å². The molecule has 2 aromatic heterocycles. The van der Waals surface area contributed by atoms with Gasteiger partial charge in [0.05, 0.1) is 18.0 Å². The fourth-order valence-corrected chi connectivity index (χ4v) is 2.94. The number of nitrogens with zero attached hydrogens (tertiary/aromatic N) is 3. The lowest BCUT2D eigenvalue weighted by Crippen LogP contribution is -2.35. The molecular weight excluding hydrogens is 296 g/mol. The number of ether oxygens (including phenoxy) is 1. The molecule has 1 aliphatic rings. The van der Waals surface area contributed by atoms with Crippen LogP contribution in [0.1, 0.15) is 47.7 Å². The Hall–Kier alpha value is -2.15. The Bertz CT molecular complexity index is 664. The van der Waals surface area contributed by atoms with Gasteiger partial charge in [0.15, 0.2) is 6.39 Å². The Kier molecular flexibility index (Phi) is 4.76. The molecule has 3 rings (SSSR count). The molecule has 0 bridgehead atoms. The van der Waals surface area contributed by atoms with Crippen molar-refractivity contribution in [1.29, 1.82) is 0 Å². The first-order valence-corrected chi connectivity index (χ1v) is 8.01. The quantitative estimate of drug-likeness (QED) is 0.913. The third-order valence-corrected chi connectivity index (χ3v) is 4.23. The predicted molar refractivity (Wildman–Crippen MR) is 82.9 cm³/mol. The number of carbonyl (C=O) groups is 1. The molecule has 7 nitrogen and oxygen atoms in total. The van der Waals surface area contributed by atoms with E-state index in [1.54, 1.807) is 6.92 Å². The van der Waals surface area contributed by atoms with E-state index in [1.165, 1.54) is 6.39 Å². The molecule has 3 heterocycles. The van der Waals surface area contributed by atoms with Crippen LogP contribution in [0.5, 0.6) is 0 Å². The van der Waals surface area contributed by atoms with Gasteiger partial charge in [-0.3, -0.25) is 9.48 Å². The maximum Gasteiger partial charge on any atom is 0.289 e. The average molecular weight is 318 g/mol. The minimum absolute atomic E-state index is 0.0276.